The van der Waals surface area contributed by atoms with Crippen molar-refractivity contribution >= 4 is 55.9 Å². The molecule has 1 aromatic carbocycles. The number of rotatable bonds is 6. The Morgan fingerprint density at radius 3 is 2.29 bits per heavy atom. The normalized spacial score (nSPS) is 12.0. The SMILES string of the molecule is CCC(=O)N(CC(C)CN(C)C)c1ccc(Br)c(Br)c1.Cl. The Morgan fingerprint density at radius 2 is 1.81 bits per heavy atom. The Hall–Kier alpha value is -0.100. The Morgan fingerprint density at radius 1 is 1.19 bits per heavy atom. The predicted octanol–water partition coefficient (Wildman–Crippen LogP) is 4.57. The first-order chi connectivity index (χ1) is 9.35. The van der Waals surface area contributed by atoms with Crippen molar-refractivity contribution in [3.8, 4) is 0 Å². The van der Waals surface area contributed by atoms with E-state index in [9.17, 15) is 4.79 Å². The molecule has 21 heavy (non-hydrogen) atoms. The zero-order chi connectivity index (χ0) is 15.3. The van der Waals surface area contributed by atoms with Crippen molar-refractivity contribution in [1.82, 2.24) is 4.90 Å². The van der Waals surface area contributed by atoms with Crippen LogP contribution in [0, 0.1) is 5.92 Å². The van der Waals surface area contributed by atoms with E-state index in [2.05, 4.69) is 57.8 Å². The molecule has 0 aromatic heterocycles. The van der Waals surface area contributed by atoms with Crippen molar-refractivity contribution in [2.75, 3.05) is 32.1 Å². The highest BCUT2D eigenvalue weighted by atomic mass is 79.9. The Labute approximate surface area is 150 Å². The summed E-state index contributed by atoms with van der Waals surface area (Å²) in [6.07, 6.45) is 0.516. The van der Waals surface area contributed by atoms with E-state index in [1.165, 1.54) is 0 Å². The second-order valence-corrected chi connectivity index (χ2v) is 7.03. The van der Waals surface area contributed by atoms with Crippen LogP contribution in [0.15, 0.2) is 27.1 Å². The predicted molar refractivity (Wildman–Crippen MR) is 99.5 cm³/mol. The summed E-state index contributed by atoms with van der Waals surface area (Å²) >= 11 is 6.96. The Kier molecular flexibility index (Phi) is 9.78. The second-order valence-electron chi connectivity index (χ2n) is 5.32. The summed E-state index contributed by atoms with van der Waals surface area (Å²) in [4.78, 5) is 16.2. The number of hydrogen-bond donors (Lipinski definition) is 0. The molecule has 1 atom stereocenters. The third-order valence-corrected chi connectivity index (χ3v) is 4.87. The van der Waals surface area contributed by atoms with Gasteiger partial charge < -0.3 is 9.80 Å². The third kappa shape index (κ3) is 6.68. The lowest BCUT2D eigenvalue weighted by molar-refractivity contribution is -0.118. The molecule has 6 heteroatoms. The molecule has 0 spiro atoms. The van der Waals surface area contributed by atoms with Crippen LogP contribution in [0.4, 0.5) is 5.69 Å². The molecule has 120 valence electrons. The number of benzene rings is 1. The number of hydrogen-bond acceptors (Lipinski definition) is 2. The van der Waals surface area contributed by atoms with Crippen LogP contribution in [-0.4, -0.2) is 38.0 Å². The van der Waals surface area contributed by atoms with Crippen molar-refractivity contribution in [2.45, 2.75) is 20.3 Å². The van der Waals surface area contributed by atoms with E-state index in [1.54, 1.807) is 0 Å². The van der Waals surface area contributed by atoms with Crippen molar-refractivity contribution in [3.05, 3.63) is 27.1 Å². The average Bonchev–Trinajstić information content (AvgIpc) is 2.37. The Balaban J connectivity index is 0.00000400. The van der Waals surface area contributed by atoms with Gasteiger partial charge in [0.2, 0.25) is 5.91 Å². The molecule has 3 nitrogen and oxygen atoms in total. The highest BCUT2D eigenvalue weighted by Crippen LogP contribution is 2.28. The molecule has 0 fully saturated rings. The molecule has 0 aliphatic rings. The van der Waals surface area contributed by atoms with Crippen LogP contribution in [0.25, 0.3) is 0 Å². The first-order valence-electron chi connectivity index (χ1n) is 6.75. The van der Waals surface area contributed by atoms with Crippen LogP contribution in [0.3, 0.4) is 0 Å². The summed E-state index contributed by atoms with van der Waals surface area (Å²) in [6.45, 7) is 5.77. The highest BCUT2D eigenvalue weighted by molar-refractivity contribution is 9.13. The van der Waals surface area contributed by atoms with Crippen LogP contribution in [0.5, 0.6) is 0 Å². The zero-order valence-electron chi connectivity index (χ0n) is 12.9. The smallest absolute Gasteiger partial charge is 0.226 e. The fraction of sp³-hybridized carbons (Fsp3) is 0.533. The standard InChI is InChI=1S/C15H22Br2N2O.ClH/c1-5-15(20)19(10-11(2)9-18(3)4)12-6-7-13(16)14(17)8-12;/h6-8,11H,5,9-10H2,1-4H3;1H. The minimum absolute atomic E-state index is 0. The minimum Gasteiger partial charge on any atom is -0.312 e. The van der Waals surface area contributed by atoms with Crippen LogP contribution >= 0.6 is 44.3 Å². The summed E-state index contributed by atoms with van der Waals surface area (Å²) in [7, 11) is 4.11. The molecule has 1 aromatic rings. The van der Waals surface area contributed by atoms with Gasteiger partial charge in [0, 0.05) is 34.1 Å². The van der Waals surface area contributed by atoms with Crippen molar-refractivity contribution < 1.29 is 4.79 Å². The summed E-state index contributed by atoms with van der Waals surface area (Å²) in [5.74, 6) is 0.577. The summed E-state index contributed by atoms with van der Waals surface area (Å²) in [5.41, 5.74) is 0.942. The van der Waals surface area contributed by atoms with Gasteiger partial charge in [-0.15, -0.1) is 12.4 Å². The van der Waals surface area contributed by atoms with Gasteiger partial charge in [-0.25, -0.2) is 0 Å². The first-order valence-corrected chi connectivity index (χ1v) is 8.33. The monoisotopic (exact) mass is 440 g/mol. The maximum Gasteiger partial charge on any atom is 0.226 e. The van der Waals surface area contributed by atoms with Gasteiger partial charge in [-0.2, -0.15) is 0 Å². The van der Waals surface area contributed by atoms with E-state index >= 15 is 0 Å². The molecule has 0 radical (unpaired) electrons. The molecule has 1 unspecified atom stereocenters. The van der Waals surface area contributed by atoms with Gasteiger partial charge in [-0.3, -0.25) is 4.79 Å². The second kappa shape index (κ2) is 9.82. The van der Waals surface area contributed by atoms with Crippen LogP contribution in [-0.2, 0) is 4.79 Å². The quantitative estimate of drug-likeness (QED) is 0.644. The molecule has 1 rings (SSSR count). The number of carbonyl (C=O) groups is 1. The fourth-order valence-corrected chi connectivity index (χ4v) is 2.80. The van der Waals surface area contributed by atoms with E-state index in [4.69, 9.17) is 0 Å². The van der Waals surface area contributed by atoms with Crippen LogP contribution in [0.2, 0.25) is 0 Å². The molecule has 0 aliphatic carbocycles. The third-order valence-electron chi connectivity index (χ3n) is 2.99. The maximum atomic E-state index is 12.2. The molecular weight excluding hydrogens is 419 g/mol. The van der Waals surface area contributed by atoms with Crippen molar-refractivity contribution in [1.29, 1.82) is 0 Å². The minimum atomic E-state index is 0. The summed E-state index contributed by atoms with van der Waals surface area (Å²) in [6, 6.07) is 5.93. The van der Waals surface area contributed by atoms with E-state index in [-0.39, 0.29) is 18.3 Å². The number of halogens is 3. The van der Waals surface area contributed by atoms with Crippen LogP contribution in [0.1, 0.15) is 20.3 Å². The Bertz CT molecular complexity index is 469. The molecule has 1 amide bonds. The van der Waals surface area contributed by atoms with E-state index < -0.39 is 0 Å². The number of nitrogens with zero attached hydrogens (tertiary/aromatic N) is 2. The van der Waals surface area contributed by atoms with Gasteiger partial charge in [0.15, 0.2) is 0 Å². The topological polar surface area (TPSA) is 23.6 Å². The first kappa shape index (κ1) is 20.9. The summed E-state index contributed by atoms with van der Waals surface area (Å²) in [5, 5.41) is 0. The number of carbonyl (C=O) groups excluding carboxylic acids is 1. The average molecular weight is 443 g/mol. The lowest BCUT2D eigenvalue weighted by atomic mass is 10.1. The van der Waals surface area contributed by atoms with Gasteiger partial charge in [-0.05, 0) is 70.1 Å². The fourth-order valence-electron chi connectivity index (χ4n) is 2.19. The lowest BCUT2D eigenvalue weighted by Gasteiger charge is -2.27. The largest absolute Gasteiger partial charge is 0.312 e. The molecule has 0 bridgehead atoms. The van der Waals surface area contributed by atoms with Crippen molar-refractivity contribution in [3.63, 3.8) is 0 Å². The van der Waals surface area contributed by atoms with Gasteiger partial charge in [0.05, 0.1) is 0 Å². The van der Waals surface area contributed by atoms with Gasteiger partial charge in [0.25, 0.3) is 0 Å². The molecular formula is C15H23Br2ClN2O. The molecule has 0 aliphatic heterocycles. The highest BCUT2D eigenvalue weighted by Gasteiger charge is 2.18. The van der Waals surface area contributed by atoms with E-state index in [1.807, 2.05) is 30.0 Å². The molecule has 0 N–H and O–H groups in total. The van der Waals surface area contributed by atoms with Gasteiger partial charge >= 0.3 is 0 Å². The van der Waals surface area contributed by atoms with Gasteiger partial charge in [0.1, 0.15) is 0 Å². The van der Waals surface area contributed by atoms with Crippen molar-refractivity contribution in [2.24, 2.45) is 5.92 Å². The van der Waals surface area contributed by atoms with E-state index in [0.29, 0.717) is 12.3 Å². The zero-order valence-corrected chi connectivity index (χ0v) is 16.9. The molecule has 0 heterocycles. The lowest BCUT2D eigenvalue weighted by Crippen LogP contribution is -2.37. The summed E-state index contributed by atoms with van der Waals surface area (Å²) < 4.78 is 1.95. The van der Waals surface area contributed by atoms with Crippen LogP contribution < -0.4 is 4.90 Å². The maximum absolute atomic E-state index is 12.2. The molecule has 0 saturated carbocycles. The van der Waals surface area contributed by atoms with E-state index in [0.717, 1.165) is 27.7 Å². The number of amides is 1. The number of anilines is 1. The van der Waals surface area contributed by atoms with Gasteiger partial charge in [-0.1, -0.05) is 13.8 Å². The molecule has 0 saturated heterocycles.